The molecule has 1 atom stereocenters. The average Bonchev–Trinajstić information content (AvgIpc) is 3.54. The molecule has 176 valence electrons. The quantitative estimate of drug-likeness (QED) is 0.309. The number of aromatic nitrogens is 4. The van der Waals surface area contributed by atoms with Crippen LogP contribution in [-0.2, 0) is 11.3 Å². The van der Waals surface area contributed by atoms with E-state index in [4.69, 9.17) is 19.4 Å². The fourth-order valence-electron chi connectivity index (χ4n) is 4.03. The van der Waals surface area contributed by atoms with Gasteiger partial charge >= 0.3 is 0 Å². The molecule has 3 heterocycles. The summed E-state index contributed by atoms with van der Waals surface area (Å²) in [5, 5.41) is 10.2. The minimum Gasteiger partial charge on any atom is -0.491 e. The lowest BCUT2D eigenvalue weighted by Gasteiger charge is -2.14. The van der Waals surface area contributed by atoms with Gasteiger partial charge in [0.25, 0.3) is 0 Å². The predicted octanol–water partition coefficient (Wildman–Crippen LogP) is 3.74. The lowest BCUT2D eigenvalue weighted by Crippen LogP contribution is -2.13. The van der Waals surface area contributed by atoms with Gasteiger partial charge in [-0.2, -0.15) is 9.97 Å². The molecule has 0 unspecified atom stereocenters. The van der Waals surface area contributed by atoms with Crippen molar-refractivity contribution in [1.29, 1.82) is 0 Å². The van der Waals surface area contributed by atoms with Crippen molar-refractivity contribution in [3.05, 3.63) is 66.5 Å². The summed E-state index contributed by atoms with van der Waals surface area (Å²) in [4.78, 5) is 14.3. The van der Waals surface area contributed by atoms with Crippen LogP contribution in [0.15, 0.2) is 60.9 Å². The normalized spacial score (nSPS) is 15.5. The van der Waals surface area contributed by atoms with Crippen molar-refractivity contribution in [3.63, 3.8) is 0 Å². The molecule has 0 bridgehead atoms. The zero-order valence-corrected chi connectivity index (χ0v) is 19.2. The molecule has 0 amide bonds. The van der Waals surface area contributed by atoms with Crippen LogP contribution in [0.3, 0.4) is 0 Å². The fraction of sp³-hybridized carbons (Fsp3) is 0.320. The van der Waals surface area contributed by atoms with Crippen molar-refractivity contribution >= 4 is 28.6 Å². The van der Waals surface area contributed by atoms with Crippen LogP contribution in [0.2, 0.25) is 0 Å². The third kappa shape index (κ3) is 5.11. The Morgan fingerprint density at radius 3 is 2.68 bits per heavy atom. The van der Waals surface area contributed by atoms with E-state index in [9.17, 15) is 0 Å². The Morgan fingerprint density at radius 2 is 1.91 bits per heavy atom. The maximum atomic E-state index is 5.65. The first-order valence-corrected chi connectivity index (χ1v) is 11.5. The number of imidazole rings is 1. The van der Waals surface area contributed by atoms with E-state index in [0.29, 0.717) is 37.6 Å². The minimum absolute atomic E-state index is 0.332. The molecular weight excluding hydrogens is 430 g/mol. The Hall–Kier alpha value is -3.69. The summed E-state index contributed by atoms with van der Waals surface area (Å²) in [6, 6.07) is 18.3. The minimum atomic E-state index is 0.332. The first kappa shape index (κ1) is 22.1. The molecule has 5 rings (SSSR count). The molecule has 4 aromatic rings. The van der Waals surface area contributed by atoms with Gasteiger partial charge in [-0.25, -0.2) is 4.98 Å². The molecule has 2 aromatic carbocycles. The lowest BCUT2D eigenvalue weighted by atomic mass is 10.2. The van der Waals surface area contributed by atoms with Gasteiger partial charge in [0.15, 0.2) is 17.0 Å². The van der Waals surface area contributed by atoms with Gasteiger partial charge in [-0.1, -0.05) is 30.3 Å². The molecule has 1 aliphatic rings. The van der Waals surface area contributed by atoms with E-state index in [0.717, 1.165) is 42.1 Å². The summed E-state index contributed by atoms with van der Waals surface area (Å²) < 4.78 is 12.8. The second kappa shape index (κ2) is 10.5. The molecule has 0 saturated carbocycles. The number of hydrogen-bond donors (Lipinski definition) is 3. The molecule has 9 heteroatoms. The molecule has 1 fully saturated rings. The topological polar surface area (TPSA) is 98.2 Å². The smallest absolute Gasteiger partial charge is 0.231 e. The summed E-state index contributed by atoms with van der Waals surface area (Å²) in [5.74, 6) is 2.01. The highest BCUT2D eigenvalue weighted by molar-refractivity contribution is 5.85. The van der Waals surface area contributed by atoms with Crippen molar-refractivity contribution in [3.8, 4) is 5.75 Å². The van der Waals surface area contributed by atoms with Gasteiger partial charge in [-0.05, 0) is 42.8 Å². The van der Waals surface area contributed by atoms with E-state index >= 15 is 0 Å². The van der Waals surface area contributed by atoms with Crippen molar-refractivity contribution in [2.75, 3.05) is 44.0 Å². The van der Waals surface area contributed by atoms with Crippen molar-refractivity contribution in [2.24, 2.45) is 0 Å². The molecular formula is C25H29N7O2. The Bertz CT molecular complexity index is 1210. The van der Waals surface area contributed by atoms with E-state index in [1.807, 2.05) is 48.8 Å². The number of ether oxygens (including phenoxy) is 2. The Balaban J connectivity index is 1.41. The van der Waals surface area contributed by atoms with Gasteiger partial charge in [0.1, 0.15) is 12.4 Å². The number of hydrogen-bond acceptors (Lipinski definition) is 8. The van der Waals surface area contributed by atoms with Gasteiger partial charge in [0.05, 0.1) is 19.0 Å². The highest BCUT2D eigenvalue weighted by Crippen LogP contribution is 2.27. The second-order valence-electron chi connectivity index (χ2n) is 8.20. The maximum absolute atomic E-state index is 5.65. The fourth-order valence-corrected chi connectivity index (χ4v) is 4.03. The van der Waals surface area contributed by atoms with Crippen LogP contribution in [0.1, 0.15) is 18.0 Å². The molecule has 3 N–H and O–H groups in total. The average molecular weight is 460 g/mol. The van der Waals surface area contributed by atoms with Crippen LogP contribution in [-0.4, -0.2) is 52.9 Å². The van der Waals surface area contributed by atoms with E-state index in [1.54, 1.807) is 7.11 Å². The molecule has 0 aliphatic carbocycles. The zero-order chi connectivity index (χ0) is 23.2. The summed E-state index contributed by atoms with van der Waals surface area (Å²) in [6.07, 6.45) is 2.93. The van der Waals surface area contributed by atoms with Gasteiger partial charge in [0, 0.05) is 25.9 Å². The molecule has 1 saturated heterocycles. The highest BCUT2D eigenvalue weighted by atomic mass is 16.5. The van der Waals surface area contributed by atoms with E-state index < -0.39 is 0 Å². The number of methoxy groups -OCH3 is 1. The van der Waals surface area contributed by atoms with Crippen LogP contribution >= 0.6 is 0 Å². The van der Waals surface area contributed by atoms with Crippen molar-refractivity contribution < 1.29 is 9.47 Å². The number of fused-ring (bicyclic) bond motifs is 1. The van der Waals surface area contributed by atoms with Gasteiger partial charge < -0.3 is 30.0 Å². The molecule has 0 spiro atoms. The molecule has 2 aromatic heterocycles. The maximum Gasteiger partial charge on any atom is 0.231 e. The summed E-state index contributed by atoms with van der Waals surface area (Å²) in [5.41, 5.74) is 3.64. The zero-order valence-electron chi connectivity index (χ0n) is 19.2. The standard InChI is InChI=1S/C25H29N7O2/c1-33-13-14-34-21-9-7-19(8-10-21)29-25-30-23(27-15-18-5-3-2-4-6-18)22-24(31-25)32(17-28-22)20-11-12-26-16-20/h2-10,17,20,26H,11-16H2,1H3,(H2,27,29,30,31)/t20-/m0/s1. The Kier molecular flexibility index (Phi) is 6.83. The van der Waals surface area contributed by atoms with Crippen LogP contribution in [0.25, 0.3) is 11.2 Å². The van der Waals surface area contributed by atoms with Crippen LogP contribution in [0.5, 0.6) is 5.75 Å². The third-order valence-corrected chi connectivity index (χ3v) is 5.82. The second-order valence-corrected chi connectivity index (χ2v) is 8.20. The van der Waals surface area contributed by atoms with Gasteiger partial charge in [-0.15, -0.1) is 0 Å². The largest absolute Gasteiger partial charge is 0.491 e. The first-order valence-electron chi connectivity index (χ1n) is 11.5. The Labute approximate surface area is 198 Å². The monoisotopic (exact) mass is 459 g/mol. The SMILES string of the molecule is COCCOc1ccc(Nc2nc(NCc3ccccc3)c3ncn([C@H]4CCNC4)c3n2)cc1. The molecule has 34 heavy (non-hydrogen) atoms. The van der Waals surface area contributed by atoms with E-state index in [2.05, 4.69) is 37.6 Å². The van der Waals surface area contributed by atoms with Crippen LogP contribution in [0, 0.1) is 0 Å². The summed E-state index contributed by atoms with van der Waals surface area (Å²) in [6.45, 7) is 3.63. The first-order chi connectivity index (χ1) is 16.8. The summed E-state index contributed by atoms with van der Waals surface area (Å²) >= 11 is 0. The molecule has 1 aliphatic heterocycles. The number of benzene rings is 2. The number of nitrogens with one attached hydrogen (secondary N) is 3. The molecule has 9 nitrogen and oxygen atoms in total. The number of nitrogens with zero attached hydrogens (tertiary/aromatic N) is 4. The van der Waals surface area contributed by atoms with Crippen LogP contribution < -0.4 is 20.7 Å². The van der Waals surface area contributed by atoms with Gasteiger partial charge in [0.2, 0.25) is 5.95 Å². The third-order valence-electron chi connectivity index (χ3n) is 5.82. The van der Waals surface area contributed by atoms with Crippen molar-refractivity contribution in [2.45, 2.75) is 19.0 Å². The van der Waals surface area contributed by atoms with E-state index in [1.165, 1.54) is 5.56 Å². The van der Waals surface area contributed by atoms with E-state index in [-0.39, 0.29) is 0 Å². The van der Waals surface area contributed by atoms with Gasteiger partial charge in [-0.3, -0.25) is 0 Å². The predicted molar refractivity (Wildman–Crippen MR) is 133 cm³/mol. The molecule has 0 radical (unpaired) electrons. The lowest BCUT2D eigenvalue weighted by molar-refractivity contribution is 0.146. The highest BCUT2D eigenvalue weighted by Gasteiger charge is 2.21. The summed E-state index contributed by atoms with van der Waals surface area (Å²) in [7, 11) is 1.66. The number of rotatable bonds is 10. The Morgan fingerprint density at radius 1 is 1.06 bits per heavy atom. The number of anilines is 3. The van der Waals surface area contributed by atoms with Crippen LogP contribution in [0.4, 0.5) is 17.5 Å². The van der Waals surface area contributed by atoms with Crippen molar-refractivity contribution in [1.82, 2.24) is 24.8 Å².